The number of carbonyl (C=O) groups is 1. The maximum Gasteiger partial charge on any atom is 0.252 e. The number of rotatable bonds is 5. The monoisotopic (exact) mass is 351 g/mol. The molecule has 3 heterocycles. The largest absolute Gasteiger partial charge is 0.468 e. The molecule has 0 spiro atoms. The number of nitrogens with one attached hydrogen (secondary N) is 2. The summed E-state index contributed by atoms with van der Waals surface area (Å²) in [6.45, 7) is 2.43. The molecule has 0 radical (unpaired) electrons. The summed E-state index contributed by atoms with van der Waals surface area (Å²) in [7, 11) is 0. The van der Waals surface area contributed by atoms with Gasteiger partial charge in [-0.25, -0.2) is 0 Å². The Kier molecular flexibility index (Phi) is 4.58. The number of hydrogen-bond donors (Lipinski definition) is 2. The summed E-state index contributed by atoms with van der Waals surface area (Å²) < 4.78 is 5.59. The summed E-state index contributed by atoms with van der Waals surface area (Å²) in [6, 6.07) is 12.5. The third kappa shape index (κ3) is 3.28. The molecule has 26 heavy (non-hydrogen) atoms. The molecule has 6 heteroatoms. The van der Waals surface area contributed by atoms with Crippen LogP contribution in [0.4, 0.5) is 0 Å². The minimum Gasteiger partial charge on any atom is -0.468 e. The zero-order chi connectivity index (χ0) is 17.9. The zero-order valence-electron chi connectivity index (χ0n) is 14.4. The molecule has 1 fully saturated rings. The Hall–Kier alpha value is -2.86. The molecule has 1 aliphatic rings. The number of likely N-dealkylation sites (tertiary alicyclic amines) is 1. The van der Waals surface area contributed by atoms with Crippen molar-refractivity contribution >= 4 is 16.8 Å². The smallest absolute Gasteiger partial charge is 0.252 e. The van der Waals surface area contributed by atoms with Gasteiger partial charge in [0.05, 0.1) is 17.9 Å². The number of benzene rings is 1. The van der Waals surface area contributed by atoms with E-state index in [1.54, 1.807) is 12.3 Å². The van der Waals surface area contributed by atoms with Gasteiger partial charge < -0.3 is 14.7 Å². The van der Waals surface area contributed by atoms with Gasteiger partial charge in [0.1, 0.15) is 5.76 Å². The van der Waals surface area contributed by atoms with Crippen molar-refractivity contribution < 1.29 is 9.21 Å². The molecule has 0 aliphatic carbocycles. The lowest BCUT2D eigenvalue weighted by Gasteiger charge is -2.26. The first-order valence-electron chi connectivity index (χ1n) is 8.90. The predicted molar refractivity (Wildman–Crippen MR) is 99.2 cm³/mol. The summed E-state index contributed by atoms with van der Waals surface area (Å²) >= 11 is 0. The van der Waals surface area contributed by atoms with Crippen LogP contribution in [0.15, 0.2) is 57.9 Å². The average molecular weight is 351 g/mol. The molecule has 0 bridgehead atoms. The number of nitrogens with zero attached hydrogens (tertiary/aromatic N) is 1. The fourth-order valence-corrected chi connectivity index (χ4v) is 3.62. The Morgan fingerprint density at radius 1 is 1.19 bits per heavy atom. The topological polar surface area (TPSA) is 78.3 Å². The number of furan rings is 1. The number of fused-ring (bicyclic) bond motifs is 1. The molecule has 2 N–H and O–H groups in total. The highest BCUT2D eigenvalue weighted by Crippen LogP contribution is 2.25. The molecule has 0 unspecified atom stereocenters. The van der Waals surface area contributed by atoms with E-state index in [1.165, 1.54) is 6.07 Å². The first-order chi connectivity index (χ1) is 12.7. The lowest BCUT2D eigenvalue weighted by molar-refractivity contribution is 0.0935. The van der Waals surface area contributed by atoms with Crippen molar-refractivity contribution in [1.82, 2.24) is 15.2 Å². The molecule has 3 aromatic rings. The fraction of sp³-hybridized carbons (Fsp3) is 0.300. The molecule has 6 nitrogen and oxygen atoms in total. The minimum atomic E-state index is -0.282. The Morgan fingerprint density at radius 2 is 2.00 bits per heavy atom. The molecule has 1 atom stereocenters. The quantitative estimate of drug-likeness (QED) is 0.741. The summed E-state index contributed by atoms with van der Waals surface area (Å²) in [5.74, 6) is 0.603. The summed E-state index contributed by atoms with van der Waals surface area (Å²) in [5.41, 5.74) is 0.771. The number of hydrogen-bond acceptors (Lipinski definition) is 4. The molecular formula is C20H21N3O3. The number of pyridine rings is 1. The molecule has 2 aromatic heterocycles. The number of aromatic nitrogens is 1. The van der Waals surface area contributed by atoms with Gasteiger partial charge in [0, 0.05) is 23.5 Å². The summed E-state index contributed by atoms with van der Waals surface area (Å²) in [4.78, 5) is 29.8. The van der Waals surface area contributed by atoms with Gasteiger partial charge in [-0.15, -0.1) is 0 Å². The van der Waals surface area contributed by atoms with Gasteiger partial charge in [-0.2, -0.15) is 0 Å². The second-order valence-electron chi connectivity index (χ2n) is 6.58. The van der Waals surface area contributed by atoms with Crippen LogP contribution < -0.4 is 10.9 Å². The first kappa shape index (κ1) is 16.6. The van der Waals surface area contributed by atoms with Crippen molar-refractivity contribution in [3.8, 4) is 0 Å². The van der Waals surface area contributed by atoms with Gasteiger partial charge in [-0.05, 0) is 44.1 Å². The third-order valence-electron chi connectivity index (χ3n) is 4.90. The van der Waals surface area contributed by atoms with Gasteiger partial charge >= 0.3 is 0 Å². The Bertz CT molecular complexity index is 956. The predicted octanol–water partition coefficient (Wildman–Crippen LogP) is 2.69. The number of H-pyrrole nitrogens is 1. The lowest BCUT2D eigenvalue weighted by atomic mass is 10.1. The highest BCUT2D eigenvalue weighted by Gasteiger charge is 2.26. The average Bonchev–Trinajstić information content (AvgIpc) is 3.35. The number of carbonyl (C=O) groups excluding carboxylic acids is 1. The van der Waals surface area contributed by atoms with Gasteiger partial charge in [0.25, 0.3) is 5.91 Å². The summed E-state index contributed by atoms with van der Waals surface area (Å²) in [5, 5.41) is 3.73. The second kappa shape index (κ2) is 7.17. The molecule has 134 valence electrons. The Morgan fingerprint density at radius 3 is 2.77 bits per heavy atom. The number of aromatic amines is 1. The van der Waals surface area contributed by atoms with Crippen LogP contribution in [0.3, 0.4) is 0 Å². The number of para-hydroxylation sites is 1. The van der Waals surface area contributed by atoms with E-state index in [-0.39, 0.29) is 17.5 Å². The van der Waals surface area contributed by atoms with E-state index in [4.69, 9.17) is 4.42 Å². The van der Waals surface area contributed by atoms with Crippen molar-refractivity contribution in [2.24, 2.45) is 0 Å². The van der Waals surface area contributed by atoms with E-state index in [1.807, 2.05) is 30.3 Å². The van der Waals surface area contributed by atoms with Crippen LogP contribution in [-0.2, 0) is 0 Å². The molecule has 1 saturated heterocycles. The Balaban J connectivity index is 1.57. The SMILES string of the molecule is O=C(NC[C@@H](c1ccco1)N1CCCC1)c1cc(=O)[nH]c2ccccc12. The van der Waals surface area contributed by atoms with E-state index in [0.29, 0.717) is 17.6 Å². The van der Waals surface area contributed by atoms with E-state index < -0.39 is 0 Å². The van der Waals surface area contributed by atoms with E-state index in [9.17, 15) is 9.59 Å². The molecule has 4 rings (SSSR count). The van der Waals surface area contributed by atoms with Crippen molar-refractivity contribution in [1.29, 1.82) is 0 Å². The van der Waals surface area contributed by atoms with Crippen LogP contribution in [0.1, 0.15) is 35.0 Å². The Labute approximate surface area is 150 Å². The van der Waals surface area contributed by atoms with Gasteiger partial charge in [-0.1, -0.05) is 18.2 Å². The van der Waals surface area contributed by atoms with Crippen molar-refractivity contribution in [2.45, 2.75) is 18.9 Å². The van der Waals surface area contributed by atoms with Crippen molar-refractivity contribution in [3.05, 3.63) is 70.4 Å². The highest BCUT2D eigenvalue weighted by atomic mass is 16.3. The third-order valence-corrected chi connectivity index (χ3v) is 4.90. The molecule has 0 saturated carbocycles. The van der Waals surface area contributed by atoms with Crippen LogP contribution >= 0.6 is 0 Å². The fourth-order valence-electron chi connectivity index (χ4n) is 3.62. The van der Waals surface area contributed by atoms with Crippen LogP contribution in [0.25, 0.3) is 10.9 Å². The second-order valence-corrected chi connectivity index (χ2v) is 6.58. The minimum absolute atomic E-state index is 0.00436. The molecule has 1 aromatic carbocycles. The van der Waals surface area contributed by atoms with E-state index in [0.717, 1.165) is 37.1 Å². The van der Waals surface area contributed by atoms with Crippen LogP contribution in [0.5, 0.6) is 0 Å². The lowest BCUT2D eigenvalue weighted by Crippen LogP contribution is -2.37. The first-order valence-corrected chi connectivity index (χ1v) is 8.90. The summed E-state index contributed by atoms with van der Waals surface area (Å²) in [6.07, 6.45) is 3.97. The molecular weight excluding hydrogens is 330 g/mol. The van der Waals surface area contributed by atoms with Crippen LogP contribution in [-0.4, -0.2) is 35.4 Å². The zero-order valence-corrected chi connectivity index (χ0v) is 14.4. The van der Waals surface area contributed by atoms with Crippen molar-refractivity contribution in [3.63, 3.8) is 0 Å². The maximum absolute atomic E-state index is 12.8. The standard InChI is InChI=1S/C20H21N3O3/c24-19-12-15(14-6-1-2-7-16(14)22-19)20(25)21-13-17(18-8-5-11-26-18)23-9-3-4-10-23/h1-2,5-8,11-12,17H,3-4,9-10,13H2,(H,21,25)(H,22,24)/t17-/m0/s1. The van der Waals surface area contributed by atoms with E-state index >= 15 is 0 Å². The van der Waals surface area contributed by atoms with E-state index in [2.05, 4.69) is 15.2 Å². The van der Waals surface area contributed by atoms with Crippen LogP contribution in [0, 0.1) is 0 Å². The van der Waals surface area contributed by atoms with Gasteiger partial charge in [0.15, 0.2) is 0 Å². The normalized spacial score (nSPS) is 16.0. The van der Waals surface area contributed by atoms with Crippen molar-refractivity contribution in [2.75, 3.05) is 19.6 Å². The number of amides is 1. The van der Waals surface area contributed by atoms with Gasteiger partial charge in [-0.3, -0.25) is 14.5 Å². The molecule has 1 amide bonds. The molecule has 1 aliphatic heterocycles. The maximum atomic E-state index is 12.8. The van der Waals surface area contributed by atoms with Crippen LogP contribution in [0.2, 0.25) is 0 Å². The van der Waals surface area contributed by atoms with Gasteiger partial charge in [0.2, 0.25) is 5.56 Å². The highest BCUT2D eigenvalue weighted by molar-refractivity contribution is 6.05.